The van der Waals surface area contributed by atoms with Gasteiger partial charge in [-0.15, -0.1) is 12.4 Å². The molecule has 2 amide bonds. The van der Waals surface area contributed by atoms with Crippen molar-refractivity contribution in [2.24, 2.45) is 0 Å². The number of halogens is 2. The van der Waals surface area contributed by atoms with Crippen LogP contribution in [-0.4, -0.2) is 43.7 Å². The summed E-state index contributed by atoms with van der Waals surface area (Å²) in [5.41, 5.74) is 0. The standard InChI is InChI=1S/C9H16FN3O2.ClH/c1-2-11-8(14)5-13-9(15)7-3-6(10)4-12-7;/h6-7,12H,2-5H2,1H3,(H,11,14)(H,13,15);1H/t6-,7+;/m0./s1. The molecule has 1 fully saturated rings. The summed E-state index contributed by atoms with van der Waals surface area (Å²) in [6.45, 7) is 2.48. The third kappa shape index (κ3) is 4.76. The Hall–Kier alpha value is -0.880. The van der Waals surface area contributed by atoms with E-state index >= 15 is 0 Å². The molecule has 94 valence electrons. The summed E-state index contributed by atoms with van der Waals surface area (Å²) in [5.74, 6) is -0.554. The Morgan fingerprint density at radius 1 is 1.44 bits per heavy atom. The van der Waals surface area contributed by atoms with E-state index in [2.05, 4.69) is 16.0 Å². The maximum Gasteiger partial charge on any atom is 0.239 e. The summed E-state index contributed by atoms with van der Waals surface area (Å²) in [5, 5.41) is 7.74. The molecular formula is C9H17ClFN3O2. The zero-order valence-corrected chi connectivity index (χ0v) is 9.90. The number of alkyl halides is 1. The number of nitrogens with one attached hydrogen (secondary N) is 3. The van der Waals surface area contributed by atoms with Crippen LogP contribution in [0.25, 0.3) is 0 Å². The molecule has 0 spiro atoms. The topological polar surface area (TPSA) is 70.2 Å². The van der Waals surface area contributed by atoms with E-state index in [1.165, 1.54) is 0 Å². The van der Waals surface area contributed by atoms with Crippen LogP contribution in [0.5, 0.6) is 0 Å². The molecular weight excluding hydrogens is 237 g/mol. The van der Waals surface area contributed by atoms with Crippen molar-refractivity contribution in [3.63, 3.8) is 0 Å². The van der Waals surface area contributed by atoms with Crippen LogP contribution in [0.1, 0.15) is 13.3 Å². The Kier molecular flexibility index (Phi) is 7.00. The summed E-state index contributed by atoms with van der Waals surface area (Å²) in [6, 6.07) is -0.505. The number of amides is 2. The van der Waals surface area contributed by atoms with E-state index in [1.54, 1.807) is 6.92 Å². The first-order valence-corrected chi connectivity index (χ1v) is 5.05. The zero-order chi connectivity index (χ0) is 11.3. The second-order valence-electron chi connectivity index (χ2n) is 3.47. The highest BCUT2D eigenvalue weighted by atomic mass is 35.5. The third-order valence-corrected chi connectivity index (χ3v) is 2.19. The Morgan fingerprint density at radius 3 is 2.62 bits per heavy atom. The van der Waals surface area contributed by atoms with Gasteiger partial charge in [0.15, 0.2) is 0 Å². The van der Waals surface area contributed by atoms with Crippen LogP contribution in [0.2, 0.25) is 0 Å². The molecule has 7 heteroatoms. The highest BCUT2D eigenvalue weighted by Crippen LogP contribution is 2.09. The molecule has 0 saturated carbocycles. The number of carbonyl (C=O) groups is 2. The minimum Gasteiger partial charge on any atom is -0.355 e. The van der Waals surface area contributed by atoms with Gasteiger partial charge in [-0.25, -0.2) is 4.39 Å². The van der Waals surface area contributed by atoms with Crippen LogP contribution in [0, 0.1) is 0 Å². The van der Waals surface area contributed by atoms with E-state index in [4.69, 9.17) is 0 Å². The van der Waals surface area contributed by atoms with Crippen molar-refractivity contribution in [2.45, 2.75) is 25.6 Å². The molecule has 0 bridgehead atoms. The smallest absolute Gasteiger partial charge is 0.239 e. The molecule has 3 N–H and O–H groups in total. The monoisotopic (exact) mass is 253 g/mol. The van der Waals surface area contributed by atoms with Gasteiger partial charge in [-0.1, -0.05) is 0 Å². The molecule has 1 rings (SSSR count). The molecule has 1 aliphatic rings. The molecule has 16 heavy (non-hydrogen) atoms. The van der Waals surface area contributed by atoms with Crippen LogP contribution in [0.15, 0.2) is 0 Å². The molecule has 0 aliphatic carbocycles. The molecule has 0 aromatic heterocycles. The van der Waals surface area contributed by atoms with Crippen molar-refractivity contribution in [2.75, 3.05) is 19.6 Å². The number of rotatable bonds is 4. The van der Waals surface area contributed by atoms with E-state index in [1.807, 2.05) is 0 Å². The van der Waals surface area contributed by atoms with Gasteiger partial charge in [-0.2, -0.15) is 0 Å². The van der Waals surface area contributed by atoms with Gasteiger partial charge in [0, 0.05) is 19.5 Å². The van der Waals surface area contributed by atoms with Crippen LogP contribution >= 0.6 is 12.4 Å². The summed E-state index contributed by atoms with van der Waals surface area (Å²) >= 11 is 0. The van der Waals surface area contributed by atoms with Gasteiger partial charge < -0.3 is 16.0 Å². The van der Waals surface area contributed by atoms with E-state index in [-0.39, 0.29) is 43.7 Å². The van der Waals surface area contributed by atoms with Crippen molar-refractivity contribution in [1.29, 1.82) is 0 Å². The normalized spacial score (nSPS) is 23.4. The minimum atomic E-state index is -0.967. The van der Waals surface area contributed by atoms with Crippen LogP contribution in [0.3, 0.4) is 0 Å². The number of carbonyl (C=O) groups excluding carboxylic acids is 2. The fourth-order valence-corrected chi connectivity index (χ4v) is 1.44. The fourth-order valence-electron chi connectivity index (χ4n) is 1.44. The molecule has 0 aromatic carbocycles. The second kappa shape index (κ2) is 7.40. The van der Waals surface area contributed by atoms with Crippen molar-refractivity contribution < 1.29 is 14.0 Å². The quantitative estimate of drug-likeness (QED) is 0.624. The van der Waals surface area contributed by atoms with E-state index < -0.39 is 12.2 Å². The zero-order valence-electron chi connectivity index (χ0n) is 9.09. The number of hydrogen-bond donors (Lipinski definition) is 3. The third-order valence-electron chi connectivity index (χ3n) is 2.19. The SMILES string of the molecule is CCNC(=O)CNC(=O)[C@H]1C[C@H](F)CN1.Cl. The lowest BCUT2D eigenvalue weighted by molar-refractivity contribution is -0.127. The largest absolute Gasteiger partial charge is 0.355 e. The summed E-state index contributed by atoms with van der Waals surface area (Å²) < 4.78 is 12.7. The highest BCUT2D eigenvalue weighted by Gasteiger charge is 2.29. The van der Waals surface area contributed by atoms with E-state index in [0.717, 1.165) is 0 Å². The first-order valence-electron chi connectivity index (χ1n) is 5.05. The molecule has 1 saturated heterocycles. The predicted molar refractivity (Wildman–Crippen MR) is 60.2 cm³/mol. The van der Waals surface area contributed by atoms with Crippen molar-refractivity contribution in [3.8, 4) is 0 Å². The maximum atomic E-state index is 12.7. The molecule has 1 heterocycles. The first-order chi connectivity index (χ1) is 7.13. The number of likely N-dealkylation sites (N-methyl/N-ethyl adjacent to an activating group) is 1. The Labute approximate surface area is 99.9 Å². The van der Waals surface area contributed by atoms with Crippen molar-refractivity contribution >= 4 is 24.2 Å². The molecule has 0 aromatic rings. The van der Waals surface area contributed by atoms with Gasteiger partial charge in [0.2, 0.25) is 11.8 Å². The Balaban J connectivity index is 0.00000225. The summed E-state index contributed by atoms with van der Waals surface area (Å²) in [6.07, 6.45) is -0.786. The predicted octanol–water partition coefficient (Wildman–Crippen LogP) is -0.639. The van der Waals surface area contributed by atoms with E-state index in [9.17, 15) is 14.0 Å². The van der Waals surface area contributed by atoms with Gasteiger partial charge in [0.05, 0.1) is 12.6 Å². The molecule has 0 radical (unpaired) electrons. The van der Waals surface area contributed by atoms with E-state index in [0.29, 0.717) is 6.54 Å². The fraction of sp³-hybridized carbons (Fsp3) is 0.778. The lowest BCUT2D eigenvalue weighted by Crippen LogP contribution is -2.44. The lowest BCUT2D eigenvalue weighted by Gasteiger charge is -2.10. The lowest BCUT2D eigenvalue weighted by atomic mass is 10.2. The Bertz CT molecular complexity index is 253. The van der Waals surface area contributed by atoms with Crippen molar-refractivity contribution in [3.05, 3.63) is 0 Å². The average molecular weight is 254 g/mol. The first kappa shape index (κ1) is 15.1. The van der Waals surface area contributed by atoms with Gasteiger partial charge in [-0.05, 0) is 6.92 Å². The summed E-state index contributed by atoms with van der Waals surface area (Å²) in [4.78, 5) is 22.4. The molecule has 0 unspecified atom stereocenters. The highest BCUT2D eigenvalue weighted by molar-refractivity contribution is 5.87. The van der Waals surface area contributed by atoms with Crippen LogP contribution < -0.4 is 16.0 Å². The van der Waals surface area contributed by atoms with Gasteiger partial charge in [-0.3, -0.25) is 9.59 Å². The van der Waals surface area contributed by atoms with Gasteiger partial charge in [0.25, 0.3) is 0 Å². The molecule has 2 atom stereocenters. The van der Waals surface area contributed by atoms with Gasteiger partial charge in [0.1, 0.15) is 6.17 Å². The maximum absolute atomic E-state index is 12.7. The van der Waals surface area contributed by atoms with Crippen LogP contribution in [-0.2, 0) is 9.59 Å². The van der Waals surface area contributed by atoms with Gasteiger partial charge >= 0.3 is 0 Å². The number of hydrogen-bond acceptors (Lipinski definition) is 3. The Morgan fingerprint density at radius 2 is 2.12 bits per heavy atom. The average Bonchev–Trinajstić information content (AvgIpc) is 2.62. The minimum absolute atomic E-state index is 0. The summed E-state index contributed by atoms with van der Waals surface area (Å²) in [7, 11) is 0. The molecule has 5 nitrogen and oxygen atoms in total. The second-order valence-corrected chi connectivity index (χ2v) is 3.47. The molecule has 1 aliphatic heterocycles. The van der Waals surface area contributed by atoms with Crippen LogP contribution in [0.4, 0.5) is 4.39 Å². The van der Waals surface area contributed by atoms with Crippen molar-refractivity contribution in [1.82, 2.24) is 16.0 Å².